The van der Waals surface area contributed by atoms with Crippen LogP contribution in [-0.4, -0.2) is 41.3 Å². The van der Waals surface area contributed by atoms with Gasteiger partial charge in [0.1, 0.15) is 28.6 Å². The molecule has 11 heteroatoms. The van der Waals surface area contributed by atoms with Crippen molar-refractivity contribution in [2.45, 2.75) is 19.4 Å². The zero-order valence-electron chi connectivity index (χ0n) is 18.0. The molecule has 1 atom stereocenters. The lowest BCUT2D eigenvalue weighted by Crippen LogP contribution is -2.36. The van der Waals surface area contributed by atoms with E-state index in [1.54, 1.807) is 49.4 Å². The minimum atomic E-state index is -3.23. The molecule has 2 aromatic heterocycles. The smallest absolute Gasteiger partial charge is 0.269 e. The van der Waals surface area contributed by atoms with Crippen molar-refractivity contribution in [2.75, 3.05) is 11.5 Å². The number of benzene rings is 1. The molecule has 34 heavy (non-hydrogen) atoms. The molecule has 1 aromatic carbocycles. The molecule has 1 fully saturated rings. The van der Waals surface area contributed by atoms with Crippen molar-refractivity contribution < 1.29 is 17.9 Å². The summed E-state index contributed by atoms with van der Waals surface area (Å²) in [4.78, 5) is 30.5. The summed E-state index contributed by atoms with van der Waals surface area (Å²) < 4.78 is 30.5. The number of hydrogen-bond donors (Lipinski definition) is 1. The van der Waals surface area contributed by atoms with Gasteiger partial charge in [-0.3, -0.25) is 14.0 Å². The van der Waals surface area contributed by atoms with Gasteiger partial charge in [0, 0.05) is 12.2 Å². The van der Waals surface area contributed by atoms with Crippen LogP contribution >= 0.6 is 11.6 Å². The number of carbonyl (C=O) groups is 1. The number of nitrogens with one attached hydrogen (secondary N) is 1. The largest absolute Gasteiger partial charge is 0.437 e. The van der Waals surface area contributed by atoms with Crippen molar-refractivity contribution in [3.63, 3.8) is 0 Å². The third kappa shape index (κ3) is 4.81. The van der Waals surface area contributed by atoms with Gasteiger partial charge in [0.25, 0.3) is 11.5 Å². The Labute approximate surface area is 200 Å². The maximum atomic E-state index is 13.3. The van der Waals surface area contributed by atoms with E-state index >= 15 is 0 Å². The molecule has 0 bridgehead atoms. The summed E-state index contributed by atoms with van der Waals surface area (Å²) in [5.41, 5.74) is -0.0287. The predicted octanol–water partition coefficient (Wildman–Crippen LogP) is 2.66. The Morgan fingerprint density at radius 3 is 2.76 bits per heavy atom. The molecule has 0 aliphatic carbocycles. The number of ether oxygens (including phenoxy) is 1. The first-order valence-corrected chi connectivity index (χ1v) is 12.5. The van der Waals surface area contributed by atoms with Gasteiger partial charge in [-0.1, -0.05) is 29.8 Å². The van der Waals surface area contributed by atoms with E-state index in [0.717, 1.165) is 6.08 Å². The fourth-order valence-corrected chi connectivity index (χ4v) is 5.44. The molecule has 9 nitrogen and oxygen atoms in total. The molecule has 4 rings (SSSR count). The zero-order valence-corrected chi connectivity index (χ0v) is 19.6. The molecule has 0 unspecified atom stereocenters. The number of para-hydroxylation sites is 1. The van der Waals surface area contributed by atoms with E-state index in [9.17, 15) is 23.3 Å². The summed E-state index contributed by atoms with van der Waals surface area (Å²) in [6, 6.07) is 11.2. The Hall–Kier alpha value is -3.68. The number of hydrogen-bond acceptors (Lipinski definition) is 7. The molecule has 1 aliphatic heterocycles. The van der Waals surface area contributed by atoms with Crippen LogP contribution in [0.15, 0.2) is 53.0 Å². The molecule has 1 aliphatic rings. The molecule has 174 valence electrons. The molecule has 1 amide bonds. The fourth-order valence-electron chi connectivity index (χ4n) is 3.59. The van der Waals surface area contributed by atoms with Crippen LogP contribution in [0.1, 0.15) is 17.5 Å². The minimum absolute atomic E-state index is 0.0331. The van der Waals surface area contributed by atoms with Crippen LogP contribution < -0.4 is 15.6 Å². The Morgan fingerprint density at radius 1 is 1.32 bits per heavy atom. The van der Waals surface area contributed by atoms with Crippen LogP contribution in [0.5, 0.6) is 11.6 Å². The van der Waals surface area contributed by atoms with E-state index in [0.29, 0.717) is 11.2 Å². The van der Waals surface area contributed by atoms with Crippen molar-refractivity contribution in [3.05, 3.63) is 74.7 Å². The average Bonchev–Trinajstić information content (AvgIpc) is 3.13. The maximum Gasteiger partial charge on any atom is 0.269 e. The van der Waals surface area contributed by atoms with E-state index in [-0.39, 0.29) is 45.7 Å². The van der Waals surface area contributed by atoms with E-state index < -0.39 is 27.3 Å². The molecule has 1 saturated heterocycles. The van der Waals surface area contributed by atoms with Crippen LogP contribution in [0.25, 0.3) is 11.7 Å². The summed E-state index contributed by atoms with van der Waals surface area (Å²) in [5.74, 6) is -0.909. The van der Waals surface area contributed by atoms with Gasteiger partial charge in [-0.2, -0.15) is 10.2 Å². The fraction of sp³-hybridized carbons (Fsp3) is 0.217. The Kier molecular flexibility index (Phi) is 6.41. The van der Waals surface area contributed by atoms with Gasteiger partial charge in [-0.25, -0.2) is 8.42 Å². The highest BCUT2D eigenvalue weighted by Crippen LogP contribution is 2.30. The number of aryl methyl sites for hydroxylation is 1. The number of nitriles is 1. The first kappa shape index (κ1) is 23.5. The van der Waals surface area contributed by atoms with Crippen LogP contribution in [0.3, 0.4) is 0 Å². The Morgan fingerprint density at radius 2 is 2.09 bits per heavy atom. The van der Waals surface area contributed by atoms with E-state index in [2.05, 4.69) is 10.3 Å². The summed E-state index contributed by atoms with van der Waals surface area (Å²) in [6.45, 7) is 1.78. The highest BCUT2D eigenvalue weighted by atomic mass is 35.5. The van der Waals surface area contributed by atoms with E-state index in [1.807, 2.05) is 0 Å². The van der Waals surface area contributed by atoms with Gasteiger partial charge in [-0.15, -0.1) is 0 Å². The first-order chi connectivity index (χ1) is 16.2. The van der Waals surface area contributed by atoms with Crippen molar-refractivity contribution >= 4 is 39.1 Å². The van der Waals surface area contributed by atoms with Crippen molar-refractivity contribution in [1.29, 1.82) is 5.26 Å². The molecular weight excluding hydrogens is 480 g/mol. The SMILES string of the molecule is Cc1cccn2c(=O)c(/C=C(\C#N)C(=O)N[C@@H]3CCS(=O)(=O)C3)c(Oc3ccccc3Cl)nc12. The second-order valence-corrected chi connectivity index (χ2v) is 10.4. The lowest BCUT2D eigenvalue weighted by molar-refractivity contribution is -0.117. The highest BCUT2D eigenvalue weighted by molar-refractivity contribution is 7.91. The topological polar surface area (TPSA) is 131 Å². The summed E-state index contributed by atoms with van der Waals surface area (Å²) in [6.07, 6.45) is 2.87. The number of fused-ring (bicyclic) bond motifs is 1. The highest BCUT2D eigenvalue weighted by Gasteiger charge is 2.30. The summed E-state index contributed by atoms with van der Waals surface area (Å²) in [7, 11) is -3.23. The number of rotatable bonds is 5. The first-order valence-electron chi connectivity index (χ1n) is 10.3. The number of nitrogens with zero attached hydrogens (tertiary/aromatic N) is 3. The molecule has 1 N–H and O–H groups in total. The third-order valence-electron chi connectivity index (χ3n) is 5.31. The number of sulfone groups is 1. The third-order valence-corrected chi connectivity index (χ3v) is 7.39. The maximum absolute atomic E-state index is 13.3. The number of pyridine rings is 1. The molecule has 3 heterocycles. The normalized spacial score (nSPS) is 17.3. The van der Waals surface area contributed by atoms with Crippen molar-refractivity contribution in [1.82, 2.24) is 14.7 Å². The Balaban J connectivity index is 1.81. The van der Waals surface area contributed by atoms with Crippen LogP contribution in [0, 0.1) is 18.3 Å². The van der Waals surface area contributed by atoms with Crippen molar-refractivity contribution in [2.24, 2.45) is 0 Å². The quantitative estimate of drug-likeness (QED) is 0.422. The van der Waals surface area contributed by atoms with Crippen LogP contribution in [0.2, 0.25) is 5.02 Å². The molecular formula is C23H19ClN4O5S. The second kappa shape index (κ2) is 9.29. The molecule has 0 radical (unpaired) electrons. The monoisotopic (exact) mass is 498 g/mol. The van der Waals surface area contributed by atoms with Gasteiger partial charge >= 0.3 is 0 Å². The lowest BCUT2D eigenvalue weighted by Gasteiger charge is -2.13. The second-order valence-electron chi connectivity index (χ2n) is 7.80. The summed E-state index contributed by atoms with van der Waals surface area (Å²) >= 11 is 6.20. The van der Waals surface area contributed by atoms with Gasteiger partial charge in [0.05, 0.1) is 16.5 Å². The molecule has 0 spiro atoms. The van der Waals surface area contributed by atoms with Gasteiger partial charge < -0.3 is 10.1 Å². The van der Waals surface area contributed by atoms with Crippen LogP contribution in [-0.2, 0) is 14.6 Å². The van der Waals surface area contributed by atoms with Gasteiger partial charge in [-0.05, 0) is 43.2 Å². The van der Waals surface area contributed by atoms with E-state index in [1.165, 1.54) is 10.6 Å². The number of halogens is 1. The molecule has 0 saturated carbocycles. The Bertz CT molecular complexity index is 1540. The number of carbonyl (C=O) groups excluding carboxylic acids is 1. The van der Waals surface area contributed by atoms with Gasteiger partial charge in [0.15, 0.2) is 9.84 Å². The lowest BCUT2D eigenvalue weighted by atomic mass is 10.1. The standard InChI is InChI=1S/C23H19ClN4O5S/c1-14-5-4-9-28-20(14)27-22(33-19-7-3-2-6-18(19)24)17(23(28)30)11-15(12-25)21(29)26-16-8-10-34(31,32)13-16/h2-7,9,11,16H,8,10,13H2,1H3,(H,26,29)/b15-11+/t16-/m1/s1. The summed E-state index contributed by atoms with van der Waals surface area (Å²) in [5, 5.41) is 12.5. The molecule has 3 aromatic rings. The van der Waals surface area contributed by atoms with Gasteiger partial charge in [0.2, 0.25) is 5.88 Å². The minimum Gasteiger partial charge on any atom is -0.437 e. The predicted molar refractivity (Wildman–Crippen MR) is 127 cm³/mol. The number of aromatic nitrogens is 2. The van der Waals surface area contributed by atoms with Crippen LogP contribution in [0.4, 0.5) is 0 Å². The van der Waals surface area contributed by atoms with Crippen molar-refractivity contribution in [3.8, 4) is 17.7 Å². The van der Waals surface area contributed by atoms with E-state index in [4.69, 9.17) is 16.3 Å². The number of amides is 1. The average molecular weight is 499 g/mol. The zero-order chi connectivity index (χ0) is 24.5.